The van der Waals surface area contributed by atoms with Gasteiger partial charge in [-0.25, -0.2) is 9.97 Å². The third-order valence-electron chi connectivity index (χ3n) is 3.05. The highest BCUT2D eigenvalue weighted by Gasteiger charge is 2.06. The Morgan fingerprint density at radius 3 is 2.65 bits per heavy atom. The lowest BCUT2D eigenvalue weighted by molar-refractivity contribution is 0.842. The van der Waals surface area contributed by atoms with Crippen molar-refractivity contribution in [2.45, 2.75) is 13.8 Å². The van der Waals surface area contributed by atoms with Crippen molar-refractivity contribution in [1.82, 2.24) is 9.97 Å². The molecule has 2 aromatic rings. The van der Waals surface area contributed by atoms with Gasteiger partial charge in [-0.15, -0.1) is 0 Å². The summed E-state index contributed by atoms with van der Waals surface area (Å²) < 4.78 is 0. The van der Waals surface area contributed by atoms with Gasteiger partial charge in [0, 0.05) is 19.2 Å². The molecule has 0 saturated heterocycles. The van der Waals surface area contributed by atoms with Gasteiger partial charge in [0.15, 0.2) is 0 Å². The van der Waals surface area contributed by atoms with Crippen molar-refractivity contribution < 1.29 is 0 Å². The fourth-order valence-electron chi connectivity index (χ4n) is 1.96. The van der Waals surface area contributed by atoms with Crippen LogP contribution in [0.5, 0.6) is 0 Å². The number of rotatable bonds is 5. The summed E-state index contributed by atoms with van der Waals surface area (Å²) >= 11 is 0. The number of hydrogen-bond acceptors (Lipinski definition) is 5. The molecule has 20 heavy (non-hydrogen) atoms. The average molecular weight is 267 g/mol. The second-order valence-corrected chi connectivity index (χ2v) is 4.22. The molecule has 5 nitrogen and oxygen atoms in total. The SMILES string of the molecule is CCN(CC)c1cc(Nc2ccccc2C#N)ncn1. The molecule has 0 aliphatic rings. The molecule has 1 heterocycles. The molecule has 0 amide bonds. The van der Waals surface area contributed by atoms with E-state index in [4.69, 9.17) is 5.26 Å². The highest BCUT2D eigenvalue weighted by molar-refractivity contribution is 5.65. The van der Waals surface area contributed by atoms with Gasteiger partial charge in [0.05, 0.1) is 11.3 Å². The Morgan fingerprint density at radius 1 is 1.20 bits per heavy atom. The topological polar surface area (TPSA) is 64.8 Å². The fourth-order valence-corrected chi connectivity index (χ4v) is 1.96. The molecule has 2 rings (SSSR count). The van der Waals surface area contributed by atoms with E-state index in [0.29, 0.717) is 11.4 Å². The summed E-state index contributed by atoms with van der Waals surface area (Å²) in [5.41, 5.74) is 1.34. The summed E-state index contributed by atoms with van der Waals surface area (Å²) in [6.07, 6.45) is 1.53. The number of hydrogen-bond donors (Lipinski definition) is 1. The first kappa shape index (κ1) is 13.8. The van der Waals surface area contributed by atoms with Crippen molar-refractivity contribution in [2.24, 2.45) is 0 Å². The first-order valence-corrected chi connectivity index (χ1v) is 6.61. The van der Waals surface area contributed by atoms with Gasteiger partial charge < -0.3 is 10.2 Å². The standard InChI is InChI=1S/C15H17N5/c1-3-20(4-2)15-9-14(17-11-18-15)19-13-8-6-5-7-12(13)10-16/h5-9,11H,3-4H2,1-2H3,(H,17,18,19). The van der Waals surface area contributed by atoms with Crippen LogP contribution in [-0.4, -0.2) is 23.1 Å². The molecule has 1 aromatic heterocycles. The second-order valence-electron chi connectivity index (χ2n) is 4.22. The van der Waals surface area contributed by atoms with Crippen LogP contribution in [-0.2, 0) is 0 Å². The highest BCUT2D eigenvalue weighted by Crippen LogP contribution is 2.21. The molecule has 0 aliphatic heterocycles. The summed E-state index contributed by atoms with van der Waals surface area (Å²) in [7, 11) is 0. The van der Waals surface area contributed by atoms with Crippen molar-refractivity contribution in [2.75, 3.05) is 23.3 Å². The molecule has 0 aliphatic carbocycles. The predicted octanol–water partition coefficient (Wildman–Crippen LogP) is 2.94. The zero-order chi connectivity index (χ0) is 14.4. The van der Waals surface area contributed by atoms with Gasteiger partial charge in [0.1, 0.15) is 24.0 Å². The van der Waals surface area contributed by atoms with Crippen molar-refractivity contribution in [3.63, 3.8) is 0 Å². The number of nitrogens with zero attached hydrogens (tertiary/aromatic N) is 4. The van der Waals surface area contributed by atoms with Gasteiger partial charge in [-0.1, -0.05) is 12.1 Å². The van der Waals surface area contributed by atoms with Crippen LogP contribution in [0.25, 0.3) is 0 Å². The van der Waals surface area contributed by atoms with Crippen LogP contribution in [0.4, 0.5) is 17.3 Å². The van der Waals surface area contributed by atoms with Gasteiger partial charge in [0.2, 0.25) is 0 Å². The smallest absolute Gasteiger partial charge is 0.135 e. The van der Waals surface area contributed by atoms with E-state index in [1.165, 1.54) is 6.33 Å². The van der Waals surface area contributed by atoms with Crippen LogP contribution >= 0.6 is 0 Å². The van der Waals surface area contributed by atoms with Crippen LogP contribution < -0.4 is 10.2 Å². The van der Waals surface area contributed by atoms with Crippen LogP contribution in [0.2, 0.25) is 0 Å². The monoisotopic (exact) mass is 267 g/mol. The minimum atomic E-state index is 0.593. The van der Waals surface area contributed by atoms with Gasteiger partial charge in [-0.2, -0.15) is 5.26 Å². The maximum absolute atomic E-state index is 9.08. The molecular formula is C15H17N5. The van der Waals surface area contributed by atoms with Crippen LogP contribution in [0.1, 0.15) is 19.4 Å². The Balaban J connectivity index is 2.26. The van der Waals surface area contributed by atoms with E-state index in [0.717, 1.165) is 24.6 Å². The summed E-state index contributed by atoms with van der Waals surface area (Å²) in [6, 6.07) is 11.4. The fraction of sp³-hybridized carbons (Fsp3) is 0.267. The number of aromatic nitrogens is 2. The van der Waals surface area contributed by atoms with Crippen molar-refractivity contribution in [1.29, 1.82) is 5.26 Å². The number of para-hydroxylation sites is 1. The molecule has 0 spiro atoms. The van der Waals surface area contributed by atoms with E-state index in [2.05, 4.69) is 40.1 Å². The quantitative estimate of drug-likeness (QED) is 0.902. The van der Waals surface area contributed by atoms with E-state index in [1.807, 2.05) is 24.3 Å². The van der Waals surface area contributed by atoms with Crippen molar-refractivity contribution in [3.8, 4) is 6.07 Å². The van der Waals surface area contributed by atoms with Gasteiger partial charge in [0.25, 0.3) is 0 Å². The minimum Gasteiger partial charge on any atom is -0.357 e. The first-order valence-electron chi connectivity index (χ1n) is 6.61. The summed E-state index contributed by atoms with van der Waals surface area (Å²) in [5.74, 6) is 1.56. The zero-order valence-electron chi connectivity index (χ0n) is 11.7. The number of nitrogens with one attached hydrogen (secondary N) is 1. The molecule has 0 fully saturated rings. The van der Waals surface area contributed by atoms with E-state index in [9.17, 15) is 0 Å². The minimum absolute atomic E-state index is 0.593. The van der Waals surface area contributed by atoms with Crippen LogP contribution in [0.15, 0.2) is 36.7 Å². The normalized spacial score (nSPS) is 9.85. The summed E-state index contributed by atoms with van der Waals surface area (Å²) in [4.78, 5) is 10.6. The Morgan fingerprint density at radius 2 is 1.95 bits per heavy atom. The Hall–Kier alpha value is -2.61. The lowest BCUT2D eigenvalue weighted by Gasteiger charge is -2.20. The van der Waals surface area contributed by atoms with Crippen molar-refractivity contribution in [3.05, 3.63) is 42.2 Å². The largest absolute Gasteiger partial charge is 0.357 e. The lowest BCUT2D eigenvalue weighted by atomic mass is 10.2. The van der Waals surface area contributed by atoms with E-state index < -0.39 is 0 Å². The number of benzene rings is 1. The first-order chi connectivity index (χ1) is 9.78. The molecular weight excluding hydrogens is 250 g/mol. The molecule has 5 heteroatoms. The Bertz CT molecular complexity index is 614. The maximum Gasteiger partial charge on any atom is 0.135 e. The molecule has 0 radical (unpaired) electrons. The van der Waals surface area contributed by atoms with E-state index in [-0.39, 0.29) is 0 Å². The average Bonchev–Trinajstić information content (AvgIpc) is 2.49. The van der Waals surface area contributed by atoms with E-state index in [1.54, 1.807) is 6.07 Å². The third-order valence-corrected chi connectivity index (χ3v) is 3.05. The predicted molar refractivity (Wildman–Crippen MR) is 80.0 cm³/mol. The molecule has 0 atom stereocenters. The summed E-state index contributed by atoms with van der Waals surface area (Å²) in [6.45, 7) is 5.96. The van der Waals surface area contributed by atoms with Crippen LogP contribution in [0, 0.1) is 11.3 Å². The molecule has 1 N–H and O–H groups in total. The van der Waals surface area contributed by atoms with Gasteiger partial charge >= 0.3 is 0 Å². The molecule has 102 valence electrons. The maximum atomic E-state index is 9.08. The number of nitriles is 1. The Labute approximate surface area is 118 Å². The molecule has 0 saturated carbocycles. The Kier molecular flexibility index (Phi) is 4.51. The van der Waals surface area contributed by atoms with Crippen molar-refractivity contribution >= 4 is 17.3 Å². The van der Waals surface area contributed by atoms with Gasteiger partial charge in [-0.3, -0.25) is 0 Å². The molecule has 1 aromatic carbocycles. The second kappa shape index (κ2) is 6.53. The highest BCUT2D eigenvalue weighted by atomic mass is 15.2. The number of anilines is 3. The third kappa shape index (κ3) is 3.04. The van der Waals surface area contributed by atoms with E-state index >= 15 is 0 Å². The van der Waals surface area contributed by atoms with Gasteiger partial charge in [-0.05, 0) is 26.0 Å². The van der Waals surface area contributed by atoms with Crippen LogP contribution in [0.3, 0.4) is 0 Å². The lowest BCUT2D eigenvalue weighted by Crippen LogP contribution is -2.23. The molecule has 0 unspecified atom stereocenters. The zero-order valence-corrected chi connectivity index (χ0v) is 11.7. The summed E-state index contributed by atoms with van der Waals surface area (Å²) in [5, 5.41) is 12.3. The molecule has 0 bridgehead atoms.